The number of thiocarbonyl (C=S) groups is 1. The summed E-state index contributed by atoms with van der Waals surface area (Å²) in [6.07, 6.45) is 5.31. The van der Waals surface area contributed by atoms with Gasteiger partial charge < -0.3 is 19.4 Å². The molecule has 1 aromatic carbocycles. The highest BCUT2D eigenvalue weighted by Gasteiger charge is 2.41. The van der Waals surface area contributed by atoms with Crippen molar-refractivity contribution in [3.8, 4) is 11.3 Å². The topological polar surface area (TPSA) is 80.5 Å². The summed E-state index contributed by atoms with van der Waals surface area (Å²) in [5.74, 6) is 1.01. The van der Waals surface area contributed by atoms with Gasteiger partial charge in [0.2, 0.25) is 0 Å². The highest BCUT2D eigenvalue weighted by Crippen LogP contribution is 2.41. The zero-order valence-corrected chi connectivity index (χ0v) is 19.2. The number of pyridine rings is 2. The number of hydrogen-bond donors (Lipinski definition) is 1. The van der Waals surface area contributed by atoms with Gasteiger partial charge in [-0.3, -0.25) is 9.97 Å². The Hall–Kier alpha value is -4.04. The number of nitrogens with zero attached hydrogens (tertiary/aromatic N) is 3. The molecule has 5 rings (SSSR count). The van der Waals surface area contributed by atoms with Gasteiger partial charge in [0, 0.05) is 30.7 Å². The predicted octanol–water partition coefficient (Wildman–Crippen LogP) is 4.70. The van der Waals surface area contributed by atoms with Gasteiger partial charge in [0.1, 0.15) is 17.6 Å². The van der Waals surface area contributed by atoms with Crippen molar-refractivity contribution in [3.63, 3.8) is 0 Å². The van der Waals surface area contributed by atoms with Crippen LogP contribution in [0.25, 0.3) is 11.3 Å². The maximum absolute atomic E-state index is 12.0. The minimum absolute atomic E-state index is 0.184. The highest BCUT2D eigenvalue weighted by molar-refractivity contribution is 7.80. The summed E-state index contributed by atoms with van der Waals surface area (Å²) in [6.45, 7) is 0.593. The lowest BCUT2D eigenvalue weighted by molar-refractivity contribution is 0.0601. The van der Waals surface area contributed by atoms with Crippen molar-refractivity contribution in [1.82, 2.24) is 20.2 Å². The van der Waals surface area contributed by atoms with Gasteiger partial charge in [0.25, 0.3) is 0 Å². The van der Waals surface area contributed by atoms with Crippen LogP contribution in [0, 0.1) is 0 Å². The molecule has 2 atom stereocenters. The number of ether oxygens (including phenoxy) is 1. The van der Waals surface area contributed by atoms with Gasteiger partial charge in [-0.2, -0.15) is 0 Å². The lowest BCUT2D eigenvalue weighted by Gasteiger charge is -2.26. The third-order valence-electron chi connectivity index (χ3n) is 5.79. The van der Waals surface area contributed by atoms with Crippen LogP contribution >= 0.6 is 12.2 Å². The quantitative estimate of drug-likeness (QED) is 0.321. The summed E-state index contributed by atoms with van der Waals surface area (Å²) in [6, 6.07) is 20.4. The maximum atomic E-state index is 12.0. The molecule has 7 nitrogen and oxygen atoms in total. The Bertz CT molecular complexity index is 1310. The molecule has 0 spiro atoms. The van der Waals surface area contributed by atoms with Crippen LogP contribution in [-0.4, -0.2) is 33.1 Å². The molecule has 4 aromatic rings. The second-order valence-corrected chi connectivity index (χ2v) is 8.27. The van der Waals surface area contributed by atoms with Crippen molar-refractivity contribution in [1.29, 1.82) is 0 Å². The van der Waals surface area contributed by atoms with Gasteiger partial charge in [0.05, 0.1) is 24.4 Å². The molecular weight excluding hydrogens is 448 g/mol. The summed E-state index contributed by atoms with van der Waals surface area (Å²) in [5, 5.41) is 4.06. The van der Waals surface area contributed by atoms with E-state index in [2.05, 4.69) is 20.2 Å². The molecule has 1 aliphatic heterocycles. The molecule has 0 bridgehead atoms. The second-order valence-electron chi connectivity index (χ2n) is 7.88. The molecule has 0 amide bonds. The van der Waals surface area contributed by atoms with Gasteiger partial charge in [0.15, 0.2) is 5.11 Å². The van der Waals surface area contributed by atoms with Crippen LogP contribution in [0.2, 0.25) is 0 Å². The first kappa shape index (κ1) is 21.8. The SMILES string of the molecule is COC(=O)c1cccc(-c2ccc(C3C(c4ccccn4)NC(=S)N3Cc3ccncc3)o2)c1. The van der Waals surface area contributed by atoms with Crippen LogP contribution in [0.4, 0.5) is 0 Å². The molecule has 1 N–H and O–H groups in total. The molecule has 0 radical (unpaired) electrons. The number of hydrogen-bond acceptors (Lipinski definition) is 6. The van der Waals surface area contributed by atoms with Crippen molar-refractivity contribution >= 4 is 23.3 Å². The van der Waals surface area contributed by atoms with Crippen LogP contribution in [0.1, 0.15) is 39.5 Å². The number of rotatable bonds is 6. The van der Waals surface area contributed by atoms with Crippen molar-refractivity contribution < 1.29 is 13.9 Å². The highest BCUT2D eigenvalue weighted by atomic mass is 32.1. The van der Waals surface area contributed by atoms with Crippen molar-refractivity contribution in [2.75, 3.05) is 7.11 Å². The number of furan rings is 1. The Morgan fingerprint density at radius 3 is 2.71 bits per heavy atom. The Morgan fingerprint density at radius 1 is 1.09 bits per heavy atom. The lowest BCUT2D eigenvalue weighted by Crippen LogP contribution is -2.29. The normalized spacial score (nSPS) is 17.4. The Morgan fingerprint density at radius 2 is 1.94 bits per heavy atom. The first-order chi connectivity index (χ1) is 16.6. The van der Waals surface area contributed by atoms with Crippen LogP contribution in [0.15, 0.2) is 89.7 Å². The van der Waals surface area contributed by atoms with Crippen molar-refractivity contribution in [2.24, 2.45) is 0 Å². The molecule has 170 valence electrons. The average molecular weight is 471 g/mol. The summed E-state index contributed by atoms with van der Waals surface area (Å²) in [5.41, 5.74) is 3.21. The standard InChI is InChI=1S/C26H22N4O3S/c1-32-25(31)19-6-4-5-18(15-19)21-8-9-22(33-21)24-23(20-7-2-3-12-28-20)29-26(34)30(24)16-17-10-13-27-14-11-17/h2-15,23-24H,16H2,1H3,(H,29,34). The largest absolute Gasteiger partial charge is 0.465 e. The Labute approximate surface area is 202 Å². The van der Waals surface area contributed by atoms with Crippen LogP contribution in [0.3, 0.4) is 0 Å². The number of carbonyl (C=O) groups is 1. The summed E-state index contributed by atoms with van der Waals surface area (Å²) >= 11 is 5.73. The van der Waals surface area contributed by atoms with Crippen LogP contribution in [0.5, 0.6) is 0 Å². The van der Waals surface area contributed by atoms with E-state index in [1.807, 2.05) is 54.6 Å². The molecular formula is C26H22N4O3S. The number of carbonyl (C=O) groups excluding carboxylic acids is 1. The second kappa shape index (κ2) is 9.44. The number of benzene rings is 1. The van der Waals surface area contributed by atoms with Crippen molar-refractivity contribution in [2.45, 2.75) is 18.6 Å². The van der Waals surface area contributed by atoms with E-state index in [9.17, 15) is 4.79 Å². The maximum Gasteiger partial charge on any atom is 0.337 e. The zero-order valence-electron chi connectivity index (χ0n) is 18.4. The van der Waals surface area contributed by atoms with Crippen LogP contribution < -0.4 is 5.32 Å². The molecule has 34 heavy (non-hydrogen) atoms. The smallest absolute Gasteiger partial charge is 0.337 e. The van der Waals surface area contributed by atoms with Crippen molar-refractivity contribution in [3.05, 3.63) is 108 Å². The van der Waals surface area contributed by atoms with E-state index in [0.717, 1.165) is 22.6 Å². The Kier molecular flexibility index (Phi) is 6.05. The van der Waals surface area contributed by atoms with E-state index >= 15 is 0 Å². The van der Waals surface area contributed by atoms with Gasteiger partial charge in [-0.25, -0.2) is 4.79 Å². The minimum Gasteiger partial charge on any atom is -0.465 e. The first-order valence-electron chi connectivity index (χ1n) is 10.8. The molecule has 0 aliphatic carbocycles. The summed E-state index contributed by atoms with van der Waals surface area (Å²) in [7, 11) is 1.37. The fourth-order valence-electron chi connectivity index (χ4n) is 4.15. The molecule has 1 saturated heterocycles. The number of nitrogens with one attached hydrogen (secondary N) is 1. The van der Waals surface area contributed by atoms with E-state index in [0.29, 0.717) is 23.0 Å². The molecule has 3 aromatic heterocycles. The molecule has 4 heterocycles. The van der Waals surface area contributed by atoms with E-state index in [1.54, 1.807) is 30.7 Å². The van der Waals surface area contributed by atoms with E-state index in [4.69, 9.17) is 21.4 Å². The average Bonchev–Trinajstić information content (AvgIpc) is 3.50. The third-order valence-corrected chi connectivity index (χ3v) is 6.14. The Balaban J connectivity index is 1.52. The number of aromatic nitrogens is 2. The predicted molar refractivity (Wildman–Crippen MR) is 131 cm³/mol. The minimum atomic E-state index is -0.391. The number of methoxy groups -OCH3 is 1. The third kappa shape index (κ3) is 4.27. The fourth-order valence-corrected chi connectivity index (χ4v) is 4.46. The monoisotopic (exact) mass is 470 g/mol. The molecule has 2 unspecified atom stereocenters. The van der Waals surface area contributed by atoms with Gasteiger partial charge in [-0.15, -0.1) is 0 Å². The summed E-state index contributed by atoms with van der Waals surface area (Å²) in [4.78, 5) is 22.8. The van der Waals surface area contributed by atoms with E-state index in [-0.39, 0.29) is 12.1 Å². The van der Waals surface area contributed by atoms with Crippen LogP contribution in [-0.2, 0) is 11.3 Å². The van der Waals surface area contributed by atoms with E-state index in [1.165, 1.54) is 7.11 Å². The van der Waals surface area contributed by atoms with Gasteiger partial charge in [-0.1, -0.05) is 18.2 Å². The summed E-state index contributed by atoms with van der Waals surface area (Å²) < 4.78 is 11.2. The molecule has 1 aliphatic rings. The number of esters is 1. The fraction of sp³-hybridized carbons (Fsp3) is 0.154. The van der Waals surface area contributed by atoms with Gasteiger partial charge in [-0.05, 0) is 66.3 Å². The first-order valence-corrected chi connectivity index (χ1v) is 11.2. The molecule has 8 heteroatoms. The lowest BCUT2D eigenvalue weighted by atomic mass is 10.0. The molecule has 0 saturated carbocycles. The van der Waals surface area contributed by atoms with E-state index < -0.39 is 5.97 Å². The zero-order chi connectivity index (χ0) is 23.5. The molecule has 1 fully saturated rings. The van der Waals surface area contributed by atoms with Gasteiger partial charge >= 0.3 is 5.97 Å².